The van der Waals surface area contributed by atoms with Gasteiger partial charge in [-0.05, 0) is 38.0 Å². The first-order chi connectivity index (χ1) is 7.68. The summed E-state index contributed by atoms with van der Waals surface area (Å²) in [6.07, 6.45) is 3.48. The molecule has 0 saturated heterocycles. The highest BCUT2D eigenvalue weighted by Crippen LogP contribution is 2.25. The smallest absolute Gasteiger partial charge is 0.153 e. The van der Waals surface area contributed by atoms with E-state index in [4.69, 9.17) is 4.74 Å². The number of H-pyrrole nitrogens is 1. The average Bonchev–Trinajstić information content (AvgIpc) is 2.78. The highest BCUT2D eigenvalue weighted by atomic mass is 16.5. The Morgan fingerprint density at radius 3 is 2.81 bits per heavy atom. The van der Waals surface area contributed by atoms with Crippen LogP contribution in [0.15, 0.2) is 30.6 Å². The van der Waals surface area contributed by atoms with Gasteiger partial charge in [0, 0.05) is 12.4 Å². The lowest BCUT2D eigenvalue weighted by Crippen LogP contribution is -2.06. The Labute approximate surface area is 95.5 Å². The number of ether oxygens (including phenoxy) is 1. The first-order valence-electron chi connectivity index (χ1n) is 5.40. The molecule has 0 bridgehead atoms. The summed E-state index contributed by atoms with van der Waals surface area (Å²) in [7, 11) is 0. The van der Waals surface area contributed by atoms with Crippen molar-refractivity contribution in [3.63, 3.8) is 0 Å². The summed E-state index contributed by atoms with van der Waals surface area (Å²) in [4.78, 5) is 7.24. The highest BCUT2D eigenvalue weighted by Gasteiger charge is 2.11. The number of aryl methyl sites for hydroxylation is 1. The van der Waals surface area contributed by atoms with Crippen LogP contribution in [0.3, 0.4) is 0 Å². The summed E-state index contributed by atoms with van der Waals surface area (Å²) in [5, 5.41) is 0. The monoisotopic (exact) mass is 216 g/mol. The molecule has 1 N–H and O–H groups in total. The van der Waals surface area contributed by atoms with Crippen molar-refractivity contribution in [2.75, 3.05) is 0 Å². The van der Waals surface area contributed by atoms with Crippen LogP contribution in [0.5, 0.6) is 5.75 Å². The number of aromatic amines is 1. The second kappa shape index (κ2) is 4.39. The minimum absolute atomic E-state index is 0.0597. The van der Waals surface area contributed by atoms with E-state index in [1.807, 2.05) is 19.1 Å². The lowest BCUT2D eigenvalue weighted by atomic mass is 10.1. The molecule has 16 heavy (non-hydrogen) atoms. The summed E-state index contributed by atoms with van der Waals surface area (Å²) in [5.74, 6) is 1.77. The number of hydrogen-bond acceptors (Lipinski definition) is 2. The summed E-state index contributed by atoms with van der Waals surface area (Å²) >= 11 is 0. The van der Waals surface area contributed by atoms with E-state index in [1.54, 1.807) is 12.4 Å². The van der Waals surface area contributed by atoms with Gasteiger partial charge in [-0.2, -0.15) is 0 Å². The van der Waals surface area contributed by atoms with Crippen LogP contribution in [0.2, 0.25) is 0 Å². The molecule has 0 amide bonds. The van der Waals surface area contributed by atoms with Crippen molar-refractivity contribution < 1.29 is 4.74 Å². The van der Waals surface area contributed by atoms with Crippen molar-refractivity contribution in [3.8, 4) is 5.75 Å². The molecule has 0 spiro atoms. The second-order valence-electron chi connectivity index (χ2n) is 3.93. The quantitative estimate of drug-likeness (QED) is 0.855. The molecule has 3 nitrogen and oxygen atoms in total. The minimum atomic E-state index is -0.0597. The van der Waals surface area contributed by atoms with Gasteiger partial charge in [0.15, 0.2) is 6.10 Å². The molecule has 1 atom stereocenters. The zero-order valence-corrected chi connectivity index (χ0v) is 9.82. The molecule has 1 aromatic carbocycles. The number of rotatable bonds is 3. The molecule has 0 aliphatic rings. The van der Waals surface area contributed by atoms with Crippen molar-refractivity contribution in [3.05, 3.63) is 47.5 Å². The number of aromatic nitrogens is 2. The maximum absolute atomic E-state index is 5.88. The molecule has 0 aliphatic carbocycles. The zero-order valence-electron chi connectivity index (χ0n) is 9.82. The van der Waals surface area contributed by atoms with Crippen LogP contribution in [0, 0.1) is 13.8 Å². The van der Waals surface area contributed by atoms with Crippen LogP contribution in [-0.4, -0.2) is 9.97 Å². The van der Waals surface area contributed by atoms with Gasteiger partial charge in [-0.3, -0.25) is 0 Å². The Morgan fingerprint density at radius 1 is 1.31 bits per heavy atom. The number of hydrogen-bond donors (Lipinski definition) is 1. The summed E-state index contributed by atoms with van der Waals surface area (Å²) in [6.45, 7) is 6.14. The standard InChI is InChI=1S/C13H16N2O/c1-9-5-4-6-12(10(9)2)16-11(3)13-14-7-8-15-13/h4-8,11H,1-3H3,(H,14,15). The van der Waals surface area contributed by atoms with E-state index < -0.39 is 0 Å². The summed E-state index contributed by atoms with van der Waals surface area (Å²) in [6, 6.07) is 6.08. The van der Waals surface area contributed by atoms with Crippen molar-refractivity contribution in [2.45, 2.75) is 26.9 Å². The Bertz CT molecular complexity index is 463. The van der Waals surface area contributed by atoms with Crippen LogP contribution in [0.4, 0.5) is 0 Å². The normalized spacial score (nSPS) is 12.4. The number of nitrogens with zero attached hydrogens (tertiary/aromatic N) is 1. The molecular formula is C13H16N2O. The molecule has 0 saturated carbocycles. The molecule has 2 aromatic rings. The molecule has 0 radical (unpaired) electrons. The maximum atomic E-state index is 5.88. The predicted octanol–water partition coefficient (Wildman–Crippen LogP) is 3.17. The molecule has 0 fully saturated rings. The van der Waals surface area contributed by atoms with Crippen molar-refractivity contribution >= 4 is 0 Å². The molecule has 0 aliphatic heterocycles. The van der Waals surface area contributed by atoms with Gasteiger partial charge in [0.25, 0.3) is 0 Å². The summed E-state index contributed by atoms with van der Waals surface area (Å²) in [5.41, 5.74) is 2.42. The molecule has 3 heteroatoms. The van der Waals surface area contributed by atoms with Crippen molar-refractivity contribution in [1.29, 1.82) is 0 Å². The van der Waals surface area contributed by atoms with Gasteiger partial charge >= 0.3 is 0 Å². The van der Waals surface area contributed by atoms with Crippen LogP contribution < -0.4 is 4.74 Å². The van der Waals surface area contributed by atoms with Crippen LogP contribution in [0.1, 0.15) is 30.0 Å². The van der Waals surface area contributed by atoms with E-state index in [2.05, 4.69) is 29.9 Å². The fourth-order valence-electron chi connectivity index (χ4n) is 1.60. The first kappa shape index (κ1) is 10.7. The summed E-state index contributed by atoms with van der Waals surface area (Å²) < 4.78 is 5.88. The van der Waals surface area contributed by atoms with Crippen molar-refractivity contribution in [1.82, 2.24) is 9.97 Å². The minimum Gasteiger partial charge on any atom is -0.483 e. The number of nitrogens with one attached hydrogen (secondary N) is 1. The third kappa shape index (κ3) is 2.08. The van der Waals surface area contributed by atoms with Crippen LogP contribution >= 0.6 is 0 Å². The Hall–Kier alpha value is -1.77. The first-order valence-corrected chi connectivity index (χ1v) is 5.40. The third-order valence-electron chi connectivity index (χ3n) is 2.76. The predicted molar refractivity (Wildman–Crippen MR) is 63.5 cm³/mol. The molecule has 1 aromatic heterocycles. The number of imidazole rings is 1. The van der Waals surface area contributed by atoms with E-state index >= 15 is 0 Å². The third-order valence-corrected chi connectivity index (χ3v) is 2.76. The Morgan fingerprint density at radius 2 is 2.12 bits per heavy atom. The van der Waals surface area contributed by atoms with Gasteiger partial charge in [0.05, 0.1) is 0 Å². The second-order valence-corrected chi connectivity index (χ2v) is 3.93. The lowest BCUT2D eigenvalue weighted by Gasteiger charge is -2.15. The van der Waals surface area contributed by atoms with Crippen LogP contribution in [0.25, 0.3) is 0 Å². The Kier molecular flexibility index (Phi) is 2.95. The SMILES string of the molecule is Cc1cccc(OC(C)c2ncc[nH]2)c1C. The molecule has 2 rings (SSSR count). The molecule has 1 unspecified atom stereocenters. The largest absolute Gasteiger partial charge is 0.483 e. The molecule has 84 valence electrons. The highest BCUT2D eigenvalue weighted by molar-refractivity contribution is 5.38. The van der Waals surface area contributed by atoms with Gasteiger partial charge < -0.3 is 9.72 Å². The van der Waals surface area contributed by atoms with Gasteiger partial charge in [0.2, 0.25) is 0 Å². The Balaban J connectivity index is 2.18. The maximum Gasteiger partial charge on any atom is 0.153 e. The van der Waals surface area contributed by atoms with E-state index in [-0.39, 0.29) is 6.10 Å². The topological polar surface area (TPSA) is 37.9 Å². The molecular weight excluding hydrogens is 200 g/mol. The lowest BCUT2D eigenvalue weighted by molar-refractivity contribution is 0.216. The fraction of sp³-hybridized carbons (Fsp3) is 0.308. The van der Waals surface area contributed by atoms with Gasteiger partial charge in [-0.25, -0.2) is 4.98 Å². The van der Waals surface area contributed by atoms with E-state index in [1.165, 1.54) is 11.1 Å². The average molecular weight is 216 g/mol. The van der Waals surface area contributed by atoms with Gasteiger partial charge in [0.1, 0.15) is 11.6 Å². The molecule has 1 heterocycles. The van der Waals surface area contributed by atoms with Gasteiger partial charge in [-0.1, -0.05) is 12.1 Å². The van der Waals surface area contributed by atoms with Crippen molar-refractivity contribution in [2.24, 2.45) is 0 Å². The fourth-order valence-corrected chi connectivity index (χ4v) is 1.60. The zero-order chi connectivity index (χ0) is 11.5. The number of benzene rings is 1. The van der Waals surface area contributed by atoms with Crippen LogP contribution in [-0.2, 0) is 0 Å². The van der Waals surface area contributed by atoms with E-state index in [9.17, 15) is 0 Å². The van der Waals surface area contributed by atoms with Gasteiger partial charge in [-0.15, -0.1) is 0 Å². The van der Waals surface area contributed by atoms with E-state index in [0.717, 1.165) is 11.6 Å². The van der Waals surface area contributed by atoms with E-state index in [0.29, 0.717) is 0 Å².